The number of hydrogen-bond acceptors (Lipinski definition) is 12. The Bertz CT molecular complexity index is 1410. The van der Waals surface area contributed by atoms with Crippen molar-refractivity contribution in [3.63, 3.8) is 0 Å². The molecule has 3 saturated heterocycles. The standard InChI is InChI=1S/C43H68O12/c1-21-14-34(51-24(4)39(21)54-36-17-31(44)38(47)23(3)50-36)55-40-25(5)52-35(18-32(40)45)53-28-10-12-41(6)27(16-28)8-9-30-29(41)11-13-42(7)37(26-15-22(2)49-20-26)33(46)19-43(30,42)48/h15,21,23-25,27-40,44-48H,2,8-14,16-20H2,1,3-7H3/t21?,23?,24?,25?,27-,28?,29?,30?,31?,32?,33?,34?,35+,36?,37?,38?,39+,40-,41+,42+,43+/m0/s1. The topological polar surface area (TPSA) is 166 Å². The van der Waals surface area contributed by atoms with Crippen molar-refractivity contribution < 1.29 is 58.7 Å². The smallest absolute Gasteiger partial charge is 0.161 e. The lowest BCUT2D eigenvalue weighted by Crippen LogP contribution is -2.62. The van der Waals surface area contributed by atoms with Crippen LogP contribution < -0.4 is 0 Å². The Hall–Kier alpha value is -1.16. The van der Waals surface area contributed by atoms with Crippen LogP contribution in [0.15, 0.2) is 24.0 Å². The molecule has 0 aromatic carbocycles. The van der Waals surface area contributed by atoms with E-state index in [0.717, 1.165) is 50.5 Å². The number of rotatable bonds is 7. The van der Waals surface area contributed by atoms with Crippen molar-refractivity contribution in [3.05, 3.63) is 24.0 Å². The molecule has 0 bridgehead atoms. The highest BCUT2D eigenvalue weighted by atomic mass is 16.7. The molecule has 0 spiro atoms. The molecule has 312 valence electrons. The zero-order valence-corrected chi connectivity index (χ0v) is 33.8. The van der Waals surface area contributed by atoms with Crippen molar-refractivity contribution in [2.45, 2.75) is 198 Å². The quantitative estimate of drug-likeness (QED) is 0.231. The molecule has 5 N–H and O–H groups in total. The molecule has 0 aromatic heterocycles. The van der Waals surface area contributed by atoms with Gasteiger partial charge in [-0.15, -0.1) is 0 Å². The fraction of sp³-hybridized carbons (Fsp3) is 0.907. The van der Waals surface area contributed by atoms with E-state index in [-0.39, 0.29) is 47.9 Å². The Morgan fingerprint density at radius 3 is 2.04 bits per heavy atom. The van der Waals surface area contributed by atoms with Crippen LogP contribution in [0.2, 0.25) is 0 Å². The normalized spacial score (nSPS) is 55.5. The molecule has 12 heteroatoms. The van der Waals surface area contributed by atoms with Gasteiger partial charge in [-0.25, -0.2) is 0 Å². The van der Waals surface area contributed by atoms with Gasteiger partial charge in [-0.05, 0) is 106 Å². The van der Waals surface area contributed by atoms with E-state index < -0.39 is 72.6 Å². The maximum Gasteiger partial charge on any atom is 0.161 e. The maximum absolute atomic E-state index is 12.6. The van der Waals surface area contributed by atoms with Crippen molar-refractivity contribution in [1.29, 1.82) is 0 Å². The lowest BCUT2D eigenvalue weighted by Gasteiger charge is -2.63. The molecular formula is C43H68O12. The van der Waals surface area contributed by atoms with Gasteiger partial charge in [0.1, 0.15) is 24.6 Å². The lowest BCUT2D eigenvalue weighted by molar-refractivity contribution is -0.330. The van der Waals surface area contributed by atoms with Gasteiger partial charge in [0, 0.05) is 37.0 Å². The minimum absolute atomic E-state index is 0.0364. The van der Waals surface area contributed by atoms with Gasteiger partial charge in [-0.1, -0.05) is 27.4 Å². The van der Waals surface area contributed by atoms with Crippen LogP contribution in [0.3, 0.4) is 0 Å². The van der Waals surface area contributed by atoms with E-state index >= 15 is 0 Å². The molecule has 55 heavy (non-hydrogen) atoms. The summed E-state index contributed by atoms with van der Waals surface area (Å²) in [6, 6.07) is 0. The van der Waals surface area contributed by atoms with Crippen LogP contribution in [0.1, 0.15) is 112 Å². The second kappa shape index (κ2) is 15.1. The molecule has 8 rings (SSSR count). The average molecular weight is 777 g/mol. The summed E-state index contributed by atoms with van der Waals surface area (Å²) >= 11 is 0. The van der Waals surface area contributed by atoms with Gasteiger partial charge in [0.15, 0.2) is 18.9 Å². The van der Waals surface area contributed by atoms with E-state index in [1.165, 1.54) is 0 Å². The van der Waals surface area contributed by atoms with Gasteiger partial charge >= 0.3 is 0 Å². The predicted octanol–water partition coefficient (Wildman–Crippen LogP) is 4.48. The number of hydrogen-bond donors (Lipinski definition) is 5. The van der Waals surface area contributed by atoms with E-state index in [0.29, 0.717) is 43.5 Å². The summed E-state index contributed by atoms with van der Waals surface area (Å²) < 4.78 is 43.4. The predicted molar refractivity (Wildman–Crippen MR) is 200 cm³/mol. The maximum atomic E-state index is 12.6. The van der Waals surface area contributed by atoms with Crippen LogP contribution in [0.5, 0.6) is 0 Å². The first-order valence-corrected chi connectivity index (χ1v) is 21.4. The minimum Gasteiger partial charge on any atom is -0.490 e. The molecule has 0 aromatic rings. The van der Waals surface area contributed by atoms with Crippen molar-refractivity contribution in [2.24, 2.45) is 40.4 Å². The lowest BCUT2D eigenvalue weighted by atomic mass is 9.43. The van der Waals surface area contributed by atoms with E-state index in [4.69, 9.17) is 33.2 Å². The molecule has 0 amide bonds. The summed E-state index contributed by atoms with van der Waals surface area (Å²) in [6.45, 7) is 16.7. The van der Waals surface area contributed by atoms with Crippen molar-refractivity contribution in [1.82, 2.24) is 0 Å². The number of aliphatic hydroxyl groups excluding tert-OH is 4. The molecule has 4 aliphatic heterocycles. The van der Waals surface area contributed by atoms with Gasteiger partial charge < -0.3 is 58.7 Å². The number of allylic oxidation sites excluding steroid dienone is 1. The van der Waals surface area contributed by atoms with Crippen molar-refractivity contribution in [3.8, 4) is 0 Å². The molecule has 4 saturated carbocycles. The van der Waals surface area contributed by atoms with Gasteiger partial charge in [0.05, 0.1) is 54.4 Å². The van der Waals surface area contributed by atoms with E-state index in [2.05, 4.69) is 27.4 Å². The highest BCUT2D eigenvalue weighted by Gasteiger charge is 2.70. The summed E-state index contributed by atoms with van der Waals surface area (Å²) in [6.07, 6.45) is 3.29. The van der Waals surface area contributed by atoms with Gasteiger partial charge in [-0.2, -0.15) is 0 Å². The molecule has 7 fully saturated rings. The second-order valence-electron chi connectivity index (χ2n) is 19.5. The van der Waals surface area contributed by atoms with Gasteiger partial charge in [0.25, 0.3) is 0 Å². The summed E-state index contributed by atoms with van der Waals surface area (Å²) in [5, 5.41) is 55.7. The fourth-order valence-corrected chi connectivity index (χ4v) is 13.2. The largest absolute Gasteiger partial charge is 0.490 e. The summed E-state index contributed by atoms with van der Waals surface area (Å²) in [5.41, 5.74) is -0.147. The van der Waals surface area contributed by atoms with E-state index in [9.17, 15) is 25.5 Å². The summed E-state index contributed by atoms with van der Waals surface area (Å²) in [5.74, 6) is 1.62. The molecular weight excluding hydrogens is 708 g/mol. The molecule has 21 atom stereocenters. The Balaban J connectivity index is 0.834. The van der Waals surface area contributed by atoms with E-state index in [1.807, 2.05) is 19.9 Å². The summed E-state index contributed by atoms with van der Waals surface area (Å²) in [7, 11) is 0. The third kappa shape index (κ3) is 7.09. The Morgan fingerprint density at radius 1 is 0.709 bits per heavy atom. The van der Waals surface area contributed by atoms with Crippen molar-refractivity contribution in [2.75, 3.05) is 6.61 Å². The molecule has 8 aliphatic rings. The first-order chi connectivity index (χ1) is 26.0. The third-order valence-corrected chi connectivity index (χ3v) is 16.2. The highest BCUT2D eigenvalue weighted by molar-refractivity contribution is 5.32. The number of aliphatic hydroxyl groups is 5. The zero-order chi connectivity index (χ0) is 39.2. The molecule has 4 heterocycles. The Labute approximate surface area is 326 Å². The molecule has 0 radical (unpaired) electrons. The first kappa shape index (κ1) is 40.6. The van der Waals surface area contributed by atoms with Crippen molar-refractivity contribution >= 4 is 0 Å². The van der Waals surface area contributed by atoms with Crippen LogP contribution in [-0.2, 0) is 33.2 Å². The van der Waals surface area contributed by atoms with Crippen LogP contribution in [0.25, 0.3) is 0 Å². The summed E-state index contributed by atoms with van der Waals surface area (Å²) in [4.78, 5) is 0. The van der Waals surface area contributed by atoms with Gasteiger partial charge in [-0.3, -0.25) is 0 Å². The Morgan fingerprint density at radius 2 is 1.36 bits per heavy atom. The third-order valence-electron chi connectivity index (χ3n) is 16.2. The van der Waals surface area contributed by atoms with E-state index in [1.54, 1.807) is 6.92 Å². The monoisotopic (exact) mass is 776 g/mol. The fourth-order valence-electron chi connectivity index (χ4n) is 13.2. The average Bonchev–Trinajstić information content (AvgIpc) is 3.62. The highest BCUT2D eigenvalue weighted by Crippen LogP contribution is 2.70. The number of ether oxygens (including phenoxy) is 7. The first-order valence-electron chi connectivity index (χ1n) is 21.4. The molecule has 12 nitrogen and oxygen atoms in total. The zero-order valence-electron chi connectivity index (χ0n) is 33.8. The van der Waals surface area contributed by atoms with Crippen LogP contribution in [0.4, 0.5) is 0 Å². The van der Waals surface area contributed by atoms with Crippen LogP contribution in [0, 0.1) is 40.4 Å². The Kier molecular flexibility index (Phi) is 11.2. The van der Waals surface area contributed by atoms with Gasteiger partial charge in [0.2, 0.25) is 0 Å². The molecule has 14 unspecified atom stereocenters. The minimum atomic E-state index is -0.935. The SMILES string of the molecule is C=C1C=C(C2C(O)C[C@@]3(O)C4CC[C@H]5CC(O[C@@H]6CC(O)[C@@H](OC7CC(C)[C@@H](OC8CC(O)C(O)C(C)O8)C(C)O7)C(C)O6)CC[C@@]5(C)C4CC[C@]23C)CO1. The molecule has 4 aliphatic carbocycles. The van der Waals surface area contributed by atoms with Crippen LogP contribution in [-0.4, -0.2) is 118 Å². The number of fused-ring (bicyclic) bond motifs is 5. The second-order valence-corrected chi connectivity index (χ2v) is 19.5. The van der Waals surface area contributed by atoms with Crippen LogP contribution >= 0.6 is 0 Å².